The Morgan fingerprint density at radius 1 is 1.20 bits per heavy atom. The van der Waals surface area contributed by atoms with Crippen LogP contribution in [0.15, 0.2) is 24.8 Å². The van der Waals surface area contributed by atoms with Crippen LogP contribution in [-0.2, 0) is 5.60 Å². The molecule has 1 aromatic carbocycles. The first-order chi connectivity index (χ1) is 9.44. The molecule has 2 rings (SSSR count). The molecule has 106 valence electrons. The van der Waals surface area contributed by atoms with Crippen molar-refractivity contribution in [2.45, 2.75) is 25.9 Å². The van der Waals surface area contributed by atoms with E-state index in [4.69, 9.17) is 0 Å². The first kappa shape index (κ1) is 14.3. The van der Waals surface area contributed by atoms with Crippen molar-refractivity contribution in [2.24, 2.45) is 0 Å². The van der Waals surface area contributed by atoms with Crippen LogP contribution in [0, 0.1) is 11.6 Å². The lowest BCUT2D eigenvalue weighted by Gasteiger charge is -2.25. The number of halogens is 2. The van der Waals surface area contributed by atoms with Gasteiger partial charge in [-0.2, -0.15) is 0 Å². The van der Waals surface area contributed by atoms with Crippen molar-refractivity contribution in [3.05, 3.63) is 42.0 Å². The molecular formula is C13H14F2N4O. The Bertz CT molecular complexity index is 605. The quantitative estimate of drug-likeness (QED) is 0.900. The van der Waals surface area contributed by atoms with Gasteiger partial charge in [-0.15, -0.1) is 0 Å². The number of hydrogen-bond acceptors (Lipinski definition) is 5. The van der Waals surface area contributed by atoms with Crippen LogP contribution < -0.4 is 5.32 Å². The minimum atomic E-state index is -1.30. The molecule has 20 heavy (non-hydrogen) atoms. The van der Waals surface area contributed by atoms with E-state index in [1.54, 1.807) is 6.92 Å². The molecule has 0 aliphatic rings. The monoisotopic (exact) mass is 280 g/mol. The van der Waals surface area contributed by atoms with E-state index in [1.807, 2.05) is 0 Å². The highest BCUT2D eigenvalue weighted by molar-refractivity contribution is 5.60. The zero-order chi connectivity index (χ0) is 14.8. The second-order valence-electron chi connectivity index (χ2n) is 4.53. The van der Waals surface area contributed by atoms with Crippen molar-refractivity contribution in [2.75, 3.05) is 5.32 Å². The molecule has 1 heterocycles. The lowest BCUT2D eigenvalue weighted by atomic mass is 9.91. The summed E-state index contributed by atoms with van der Waals surface area (Å²) in [6.45, 7) is 3.27. The lowest BCUT2D eigenvalue weighted by Crippen LogP contribution is -2.22. The summed E-state index contributed by atoms with van der Waals surface area (Å²) in [5.41, 5.74) is -0.856. The van der Waals surface area contributed by atoms with E-state index in [0.717, 1.165) is 12.1 Å². The molecule has 0 saturated heterocycles. The molecule has 0 fully saturated rings. The number of nitrogens with zero attached hydrogens (tertiary/aromatic N) is 3. The fraction of sp³-hybridized carbons (Fsp3) is 0.308. The standard InChI is InChI=1S/C13H14F2N4O/c1-3-13(2,20)8-4-9(14)10(15)5-11(8)19-12-17-6-16-7-18-12/h4-7,20H,3H2,1-2H3,(H,16,17,18,19). The third kappa shape index (κ3) is 2.88. The molecule has 1 unspecified atom stereocenters. The summed E-state index contributed by atoms with van der Waals surface area (Å²) in [4.78, 5) is 11.3. The van der Waals surface area contributed by atoms with Gasteiger partial charge >= 0.3 is 0 Å². The van der Waals surface area contributed by atoms with Crippen LogP contribution in [0.25, 0.3) is 0 Å². The number of rotatable bonds is 4. The van der Waals surface area contributed by atoms with Crippen molar-refractivity contribution in [1.29, 1.82) is 0 Å². The zero-order valence-electron chi connectivity index (χ0n) is 11.1. The molecule has 1 aromatic heterocycles. The van der Waals surface area contributed by atoms with Crippen LogP contribution in [0.1, 0.15) is 25.8 Å². The van der Waals surface area contributed by atoms with Gasteiger partial charge < -0.3 is 10.4 Å². The molecule has 0 amide bonds. The third-order valence-corrected chi connectivity index (χ3v) is 3.07. The second-order valence-corrected chi connectivity index (χ2v) is 4.53. The van der Waals surface area contributed by atoms with Crippen LogP contribution in [-0.4, -0.2) is 20.1 Å². The molecular weight excluding hydrogens is 266 g/mol. The zero-order valence-corrected chi connectivity index (χ0v) is 11.1. The molecule has 0 aliphatic heterocycles. The highest BCUT2D eigenvalue weighted by atomic mass is 19.2. The summed E-state index contributed by atoms with van der Waals surface area (Å²) in [7, 11) is 0. The smallest absolute Gasteiger partial charge is 0.230 e. The van der Waals surface area contributed by atoms with Crippen LogP contribution in [0.5, 0.6) is 0 Å². The van der Waals surface area contributed by atoms with Gasteiger partial charge in [0.25, 0.3) is 0 Å². The Morgan fingerprint density at radius 3 is 2.40 bits per heavy atom. The van der Waals surface area contributed by atoms with Gasteiger partial charge in [0.05, 0.1) is 11.3 Å². The van der Waals surface area contributed by atoms with Gasteiger partial charge in [-0.1, -0.05) is 6.92 Å². The number of nitrogens with one attached hydrogen (secondary N) is 1. The van der Waals surface area contributed by atoms with Crippen LogP contribution >= 0.6 is 0 Å². The van der Waals surface area contributed by atoms with Crippen molar-refractivity contribution in [3.63, 3.8) is 0 Å². The maximum Gasteiger partial charge on any atom is 0.230 e. The largest absolute Gasteiger partial charge is 0.385 e. The molecule has 0 bridgehead atoms. The number of hydrogen-bond donors (Lipinski definition) is 2. The molecule has 1 atom stereocenters. The van der Waals surface area contributed by atoms with Gasteiger partial charge in [-0.05, 0) is 19.4 Å². The molecule has 5 nitrogen and oxygen atoms in total. The van der Waals surface area contributed by atoms with Gasteiger partial charge in [-0.3, -0.25) is 0 Å². The maximum atomic E-state index is 13.4. The van der Waals surface area contributed by atoms with Gasteiger partial charge in [0, 0.05) is 11.6 Å². The summed E-state index contributed by atoms with van der Waals surface area (Å²) in [6, 6.07) is 1.95. The SMILES string of the molecule is CCC(C)(O)c1cc(F)c(F)cc1Nc1ncncn1. The topological polar surface area (TPSA) is 70.9 Å². The van der Waals surface area contributed by atoms with E-state index in [1.165, 1.54) is 19.6 Å². The molecule has 2 N–H and O–H groups in total. The van der Waals surface area contributed by atoms with E-state index in [9.17, 15) is 13.9 Å². The van der Waals surface area contributed by atoms with Crippen LogP contribution in [0.4, 0.5) is 20.4 Å². The molecule has 2 aromatic rings. The number of aromatic nitrogens is 3. The lowest BCUT2D eigenvalue weighted by molar-refractivity contribution is 0.0534. The van der Waals surface area contributed by atoms with E-state index in [-0.39, 0.29) is 17.2 Å². The molecule has 0 spiro atoms. The number of anilines is 2. The van der Waals surface area contributed by atoms with Gasteiger partial charge in [0.2, 0.25) is 5.95 Å². The van der Waals surface area contributed by atoms with E-state index in [0.29, 0.717) is 6.42 Å². The van der Waals surface area contributed by atoms with E-state index >= 15 is 0 Å². The van der Waals surface area contributed by atoms with Crippen LogP contribution in [0.3, 0.4) is 0 Å². The van der Waals surface area contributed by atoms with Gasteiger partial charge in [0.1, 0.15) is 12.7 Å². The van der Waals surface area contributed by atoms with Gasteiger partial charge in [0.15, 0.2) is 11.6 Å². The summed E-state index contributed by atoms with van der Waals surface area (Å²) in [6.07, 6.45) is 2.88. The number of aliphatic hydroxyl groups is 1. The van der Waals surface area contributed by atoms with E-state index < -0.39 is 17.2 Å². The fourth-order valence-electron chi connectivity index (χ4n) is 1.71. The Balaban J connectivity index is 2.48. The fourth-order valence-corrected chi connectivity index (χ4v) is 1.71. The minimum Gasteiger partial charge on any atom is -0.385 e. The Kier molecular flexibility index (Phi) is 3.89. The van der Waals surface area contributed by atoms with Gasteiger partial charge in [-0.25, -0.2) is 23.7 Å². The summed E-state index contributed by atoms with van der Waals surface area (Å²) in [5.74, 6) is -1.86. The highest BCUT2D eigenvalue weighted by Gasteiger charge is 2.26. The molecule has 0 radical (unpaired) electrons. The maximum absolute atomic E-state index is 13.4. The van der Waals surface area contributed by atoms with Crippen LogP contribution in [0.2, 0.25) is 0 Å². The first-order valence-electron chi connectivity index (χ1n) is 6.05. The second kappa shape index (κ2) is 5.46. The van der Waals surface area contributed by atoms with E-state index in [2.05, 4.69) is 20.3 Å². The highest BCUT2D eigenvalue weighted by Crippen LogP contribution is 2.33. The minimum absolute atomic E-state index is 0.180. The number of benzene rings is 1. The first-order valence-corrected chi connectivity index (χ1v) is 6.05. The normalized spacial score (nSPS) is 13.8. The van der Waals surface area contributed by atoms with Crippen molar-refractivity contribution in [1.82, 2.24) is 15.0 Å². The predicted octanol–water partition coefficient (Wildman–Crippen LogP) is 2.51. The Labute approximate surface area is 114 Å². The summed E-state index contributed by atoms with van der Waals surface area (Å²) < 4.78 is 26.8. The Hall–Kier alpha value is -2.15. The van der Waals surface area contributed by atoms with Crippen molar-refractivity contribution < 1.29 is 13.9 Å². The average Bonchev–Trinajstić information content (AvgIpc) is 2.43. The summed E-state index contributed by atoms with van der Waals surface area (Å²) in [5, 5.41) is 13.0. The Morgan fingerprint density at radius 2 is 1.80 bits per heavy atom. The van der Waals surface area contributed by atoms with Crippen molar-refractivity contribution >= 4 is 11.6 Å². The van der Waals surface area contributed by atoms with Crippen molar-refractivity contribution in [3.8, 4) is 0 Å². The molecule has 0 aliphatic carbocycles. The molecule has 7 heteroatoms. The third-order valence-electron chi connectivity index (χ3n) is 3.07. The summed E-state index contributed by atoms with van der Waals surface area (Å²) >= 11 is 0. The predicted molar refractivity (Wildman–Crippen MR) is 69.3 cm³/mol. The molecule has 0 saturated carbocycles. The average molecular weight is 280 g/mol.